The summed E-state index contributed by atoms with van der Waals surface area (Å²) in [5.74, 6) is 0. The summed E-state index contributed by atoms with van der Waals surface area (Å²) in [6.45, 7) is 2.24. The summed E-state index contributed by atoms with van der Waals surface area (Å²) in [5, 5.41) is 0. The zero-order valence-electron chi connectivity index (χ0n) is 11.1. The molecule has 0 unspecified atom stereocenters. The minimum Gasteiger partial charge on any atom is -0.295 e. The number of benzene rings is 1. The van der Waals surface area contributed by atoms with E-state index in [1.165, 1.54) is 19.3 Å². The van der Waals surface area contributed by atoms with E-state index < -0.39 is 0 Å². The second kappa shape index (κ2) is 4.01. The topological polar surface area (TPSA) is 26.9 Å². The Labute approximate surface area is 107 Å². The van der Waals surface area contributed by atoms with Gasteiger partial charge in [0.05, 0.1) is 11.0 Å². The Morgan fingerprint density at radius 2 is 1.67 bits per heavy atom. The van der Waals surface area contributed by atoms with Gasteiger partial charge in [0.2, 0.25) is 0 Å². The molecular formula is C15H20N2O. The summed E-state index contributed by atoms with van der Waals surface area (Å²) in [7, 11) is 1.87. The number of fused-ring (bicyclic) bond motifs is 1. The van der Waals surface area contributed by atoms with Gasteiger partial charge in [-0.3, -0.25) is 9.13 Å². The van der Waals surface area contributed by atoms with Crippen molar-refractivity contribution >= 4 is 11.0 Å². The highest BCUT2D eigenvalue weighted by molar-refractivity contribution is 5.76. The molecule has 0 aliphatic heterocycles. The van der Waals surface area contributed by atoms with Gasteiger partial charge in [0.25, 0.3) is 0 Å². The lowest BCUT2D eigenvalue weighted by atomic mass is 9.83. The SMILES string of the molecule is Cn1c(=O)n(C2(C)CCCCC2)c2ccccc21. The summed E-state index contributed by atoms with van der Waals surface area (Å²) in [5.41, 5.74) is 2.24. The van der Waals surface area contributed by atoms with E-state index in [2.05, 4.69) is 13.0 Å². The van der Waals surface area contributed by atoms with Crippen LogP contribution >= 0.6 is 0 Å². The third-order valence-corrected chi connectivity index (χ3v) is 4.43. The number of hydrogen-bond donors (Lipinski definition) is 0. The molecule has 3 rings (SSSR count). The first-order chi connectivity index (χ1) is 8.63. The number of hydrogen-bond acceptors (Lipinski definition) is 1. The number of para-hydroxylation sites is 2. The van der Waals surface area contributed by atoms with Gasteiger partial charge in [-0.15, -0.1) is 0 Å². The van der Waals surface area contributed by atoms with Crippen LogP contribution in [0, 0.1) is 0 Å². The Balaban J connectivity index is 2.28. The third-order valence-electron chi connectivity index (χ3n) is 4.43. The number of imidazole rings is 1. The Hall–Kier alpha value is -1.51. The van der Waals surface area contributed by atoms with E-state index in [9.17, 15) is 4.79 Å². The second-order valence-corrected chi connectivity index (χ2v) is 5.72. The molecule has 0 atom stereocenters. The molecule has 1 aromatic heterocycles. The van der Waals surface area contributed by atoms with Crippen LogP contribution < -0.4 is 5.69 Å². The standard InChI is InChI=1S/C15H20N2O/c1-15(10-6-3-7-11-15)17-13-9-5-4-8-12(13)16(2)14(17)18/h4-5,8-9H,3,6-7,10-11H2,1-2H3. The van der Waals surface area contributed by atoms with Gasteiger partial charge in [0, 0.05) is 12.6 Å². The van der Waals surface area contributed by atoms with E-state index in [1.807, 2.05) is 29.8 Å². The quantitative estimate of drug-likeness (QED) is 0.757. The van der Waals surface area contributed by atoms with Crippen LogP contribution in [0.15, 0.2) is 29.1 Å². The van der Waals surface area contributed by atoms with Crippen LogP contribution in [0.3, 0.4) is 0 Å². The molecule has 18 heavy (non-hydrogen) atoms. The zero-order valence-corrected chi connectivity index (χ0v) is 11.1. The molecule has 2 aromatic rings. The van der Waals surface area contributed by atoms with Gasteiger partial charge in [-0.25, -0.2) is 4.79 Å². The molecule has 0 spiro atoms. The molecule has 1 aliphatic carbocycles. The minimum absolute atomic E-state index is 0.00377. The fourth-order valence-corrected chi connectivity index (χ4v) is 3.35. The van der Waals surface area contributed by atoms with Crippen LogP contribution in [0.1, 0.15) is 39.0 Å². The first-order valence-corrected chi connectivity index (χ1v) is 6.80. The van der Waals surface area contributed by atoms with Crippen LogP contribution in [0.4, 0.5) is 0 Å². The zero-order chi connectivity index (χ0) is 12.8. The maximum Gasteiger partial charge on any atom is 0.329 e. The molecule has 1 aromatic carbocycles. The van der Waals surface area contributed by atoms with Crippen molar-refractivity contribution < 1.29 is 0 Å². The highest BCUT2D eigenvalue weighted by Gasteiger charge is 2.32. The molecule has 96 valence electrons. The Morgan fingerprint density at radius 3 is 2.33 bits per heavy atom. The highest BCUT2D eigenvalue weighted by atomic mass is 16.1. The Morgan fingerprint density at radius 1 is 1.06 bits per heavy atom. The van der Waals surface area contributed by atoms with Crippen LogP contribution in [0.5, 0.6) is 0 Å². The summed E-state index contributed by atoms with van der Waals surface area (Å²) >= 11 is 0. The average molecular weight is 244 g/mol. The number of aryl methyl sites for hydroxylation is 1. The predicted octanol–water partition coefficient (Wildman–Crippen LogP) is 3.02. The largest absolute Gasteiger partial charge is 0.329 e. The number of aromatic nitrogens is 2. The highest BCUT2D eigenvalue weighted by Crippen LogP contribution is 2.35. The van der Waals surface area contributed by atoms with E-state index in [0.29, 0.717) is 0 Å². The molecule has 3 nitrogen and oxygen atoms in total. The molecule has 1 saturated carbocycles. The van der Waals surface area contributed by atoms with Gasteiger partial charge in [-0.05, 0) is 31.9 Å². The number of nitrogens with zero attached hydrogens (tertiary/aromatic N) is 2. The monoisotopic (exact) mass is 244 g/mol. The van der Waals surface area contributed by atoms with Crippen molar-refractivity contribution in [1.82, 2.24) is 9.13 Å². The Bertz CT molecular complexity index is 629. The van der Waals surface area contributed by atoms with Gasteiger partial charge in [-0.1, -0.05) is 31.4 Å². The molecule has 0 N–H and O–H groups in total. The second-order valence-electron chi connectivity index (χ2n) is 5.72. The van der Waals surface area contributed by atoms with Crippen LogP contribution in [-0.4, -0.2) is 9.13 Å². The normalized spacial score (nSPS) is 19.2. The lowest BCUT2D eigenvalue weighted by Crippen LogP contribution is -2.40. The fourth-order valence-electron chi connectivity index (χ4n) is 3.35. The molecule has 1 aliphatic rings. The van der Waals surface area contributed by atoms with Crippen molar-refractivity contribution in [3.05, 3.63) is 34.7 Å². The molecule has 0 amide bonds. The maximum atomic E-state index is 12.5. The van der Waals surface area contributed by atoms with Gasteiger partial charge in [0.1, 0.15) is 0 Å². The fraction of sp³-hybridized carbons (Fsp3) is 0.533. The maximum absolute atomic E-state index is 12.5. The van der Waals surface area contributed by atoms with Crippen molar-refractivity contribution in [2.45, 2.75) is 44.6 Å². The van der Waals surface area contributed by atoms with Gasteiger partial charge < -0.3 is 0 Å². The average Bonchev–Trinajstić information content (AvgIpc) is 2.64. The molecule has 0 radical (unpaired) electrons. The predicted molar refractivity (Wildman–Crippen MR) is 73.9 cm³/mol. The van der Waals surface area contributed by atoms with Gasteiger partial charge in [0.15, 0.2) is 0 Å². The van der Waals surface area contributed by atoms with Crippen molar-refractivity contribution in [2.75, 3.05) is 0 Å². The summed E-state index contributed by atoms with van der Waals surface area (Å²) in [6, 6.07) is 8.11. The van der Waals surface area contributed by atoms with Crippen LogP contribution in [-0.2, 0) is 12.6 Å². The molecule has 1 fully saturated rings. The lowest BCUT2D eigenvalue weighted by molar-refractivity contribution is 0.218. The van der Waals surface area contributed by atoms with E-state index in [-0.39, 0.29) is 11.2 Å². The molecular weight excluding hydrogens is 224 g/mol. The third kappa shape index (κ3) is 1.53. The van der Waals surface area contributed by atoms with Gasteiger partial charge in [-0.2, -0.15) is 0 Å². The summed E-state index contributed by atoms with van der Waals surface area (Å²) in [6.07, 6.45) is 5.98. The smallest absolute Gasteiger partial charge is 0.295 e. The summed E-state index contributed by atoms with van der Waals surface area (Å²) < 4.78 is 3.80. The first-order valence-electron chi connectivity index (χ1n) is 6.80. The minimum atomic E-state index is -0.00377. The molecule has 3 heteroatoms. The van der Waals surface area contributed by atoms with Crippen molar-refractivity contribution in [3.8, 4) is 0 Å². The molecule has 1 heterocycles. The molecule has 0 bridgehead atoms. The lowest BCUT2D eigenvalue weighted by Gasteiger charge is -2.34. The van der Waals surface area contributed by atoms with Crippen LogP contribution in [0.25, 0.3) is 11.0 Å². The van der Waals surface area contributed by atoms with Crippen LogP contribution in [0.2, 0.25) is 0 Å². The van der Waals surface area contributed by atoms with Gasteiger partial charge >= 0.3 is 5.69 Å². The van der Waals surface area contributed by atoms with Crippen molar-refractivity contribution in [2.24, 2.45) is 7.05 Å². The van der Waals surface area contributed by atoms with Crippen molar-refractivity contribution in [3.63, 3.8) is 0 Å². The first kappa shape index (κ1) is 11.6. The summed E-state index contributed by atoms with van der Waals surface area (Å²) in [4.78, 5) is 12.5. The van der Waals surface area contributed by atoms with E-state index in [1.54, 1.807) is 4.57 Å². The molecule has 0 saturated heterocycles. The van der Waals surface area contributed by atoms with E-state index >= 15 is 0 Å². The van der Waals surface area contributed by atoms with E-state index in [0.717, 1.165) is 23.9 Å². The van der Waals surface area contributed by atoms with Crippen molar-refractivity contribution in [1.29, 1.82) is 0 Å². The number of rotatable bonds is 1. The Kier molecular flexibility index (Phi) is 2.58. The van der Waals surface area contributed by atoms with E-state index in [4.69, 9.17) is 0 Å².